The van der Waals surface area contributed by atoms with E-state index in [1.165, 1.54) is 0 Å². The second kappa shape index (κ2) is 11.3. The average Bonchev–Trinajstić information content (AvgIpc) is 2.88. The topological polar surface area (TPSA) is 40.6 Å². The number of hydrogen-bond donors (Lipinski definition) is 0. The van der Waals surface area contributed by atoms with Crippen LogP contribution in [0.2, 0.25) is 0 Å². The summed E-state index contributed by atoms with van der Waals surface area (Å²) >= 11 is 6.85. The van der Waals surface area contributed by atoms with Gasteiger partial charge in [-0.2, -0.15) is 0 Å². The minimum absolute atomic E-state index is 0.122. The standard InChI is InChI=1S/C28H22Br2N2O2/c29-23-15-11-21(12-16-23)27(33)31(25-7-3-1-4-8-25)19-20-32(26-9-5-2-6-10-26)28(34)22-13-17-24(30)18-14-22/h1-18H,19-20H2. The molecule has 0 saturated carbocycles. The summed E-state index contributed by atoms with van der Waals surface area (Å²) in [4.78, 5) is 30.4. The number of amides is 2. The molecule has 4 aromatic carbocycles. The normalized spacial score (nSPS) is 10.5. The Hall–Kier alpha value is -3.22. The van der Waals surface area contributed by atoms with Crippen molar-refractivity contribution in [1.82, 2.24) is 0 Å². The SMILES string of the molecule is O=C(c1ccc(Br)cc1)N(CCN(C(=O)c1ccc(Br)cc1)c1ccccc1)c1ccccc1. The Kier molecular flexibility index (Phi) is 7.93. The van der Waals surface area contributed by atoms with Crippen LogP contribution in [0, 0.1) is 0 Å². The van der Waals surface area contributed by atoms with E-state index in [0.717, 1.165) is 20.3 Å². The zero-order valence-electron chi connectivity index (χ0n) is 18.3. The molecule has 0 fully saturated rings. The van der Waals surface area contributed by atoms with Crippen LogP contribution in [0.15, 0.2) is 118 Å². The molecule has 2 amide bonds. The van der Waals surface area contributed by atoms with Crippen molar-refractivity contribution in [3.63, 3.8) is 0 Å². The van der Waals surface area contributed by atoms with Crippen molar-refractivity contribution in [3.05, 3.63) is 129 Å². The summed E-state index contributed by atoms with van der Waals surface area (Å²) < 4.78 is 1.82. The highest BCUT2D eigenvalue weighted by Gasteiger charge is 2.22. The van der Waals surface area contributed by atoms with Crippen molar-refractivity contribution in [2.45, 2.75) is 0 Å². The van der Waals surface area contributed by atoms with E-state index >= 15 is 0 Å². The van der Waals surface area contributed by atoms with Gasteiger partial charge in [-0.05, 0) is 72.8 Å². The van der Waals surface area contributed by atoms with Gasteiger partial charge in [0, 0.05) is 44.5 Å². The molecule has 4 nitrogen and oxygen atoms in total. The second-order valence-electron chi connectivity index (χ2n) is 7.60. The molecule has 4 aromatic rings. The van der Waals surface area contributed by atoms with Crippen LogP contribution in [-0.2, 0) is 0 Å². The van der Waals surface area contributed by atoms with Crippen LogP contribution < -0.4 is 9.80 Å². The van der Waals surface area contributed by atoms with Gasteiger partial charge in [0.2, 0.25) is 0 Å². The number of anilines is 2. The first kappa shape index (κ1) is 23.9. The Morgan fingerprint density at radius 1 is 0.500 bits per heavy atom. The number of benzene rings is 4. The number of carbonyl (C=O) groups excluding carboxylic acids is 2. The summed E-state index contributed by atoms with van der Waals surface area (Å²) in [5.41, 5.74) is 2.72. The van der Waals surface area contributed by atoms with Gasteiger partial charge >= 0.3 is 0 Å². The van der Waals surface area contributed by atoms with Crippen molar-refractivity contribution in [3.8, 4) is 0 Å². The molecule has 0 bridgehead atoms. The summed E-state index contributed by atoms with van der Waals surface area (Å²) in [7, 11) is 0. The van der Waals surface area contributed by atoms with Gasteiger partial charge in [-0.3, -0.25) is 9.59 Å². The van der Waals surface area contributed by atoms with Crippen LogP contribution in [0.1, 0.15) is 20.7 Å². The third-order valence-electron chi connectivity index (χ3n) is 5.36. The highest BCUT2D eigenvalue weighted by molar-refractivity contribution is 9.10. The van der Waals surface area contributed by atoms with Gasteiger partial charge in [-0.15, -0.1) is 0 Å². The number of carbonyl (C=O) groups is 2. The number of hydrogen-bond acceptors (Lipinski definition) is 2. The Morgan fingerprint density at radius 2 is 0.824 bits per heavy atom. The lowest BCUT2D eigenvalue weighted by molar-refractivity contribution is 0.0968. The van der Waals surface area contributed by atoms with Crippen LogP contribution >= 0.6 is 31.9 Å². The molecule has 0 N–H and O–H groups in total. The van der Waals surface area contributed by atoms with E-state index in [4.69, 9.17) is 0 Å². The summed E-state index contributed by atoms with van der Waals surface area (Å²) in [6, 6.07) is 33.6. The van der Waals surface area contributed by atoms with E-state index in [-0.39, 0.29) is 11.8 Å². The molecule has 0 aliphatic carbocycles. The molecule has 0 aromatic heterocycles. The molecule has 170 valence electrons. The van der Waals surface area contributed by atoms with Crippen LogP contribution in [-0.4, -0.2) is 24.9 Å². The van der Waals surface area contributed by atoms with Gasteiger partial charge < -0.3 is 9.80 Å². The van der Waals surface area contributed by atoms with Crippen LogP contribution in [0.3, 0.4) is 0 Å². The molecule has 0 heterocycles. The maximum Gasteiger partial charge on any atom is 0.258 e. The maximum absolute atomic E-state index is 13.5. The summed E-state index contributed by atoms with van der Waals surface area (Å²) in [6.07, 6.45) is 0. The average molecular weight is 578 g/mol. The van der Waals surface area contributed by atoms with Crippen molar-refractivity contribution in [1.29, 1.82) is 0 Å². The fourth-order valence-corrected chi connectivity index (χ4v) is 4.14. The van der Waals surface area contributed by atoms with E-state index < -0.39 is 0 Å². The van der Waals surface area contributed by atoms with Gasteiger partial charge in [0.1, 0.15) is 0 Å². The van der Waals surface area contributed by atoms with E-state index in [2.05, 4.69) is 31.9 Å². The monoisotopic (exact) mass is 576 g/mol. The quantitative estimate of drug-likeness (QED) is 0.233. The molecular weight excluding hydrogens is 556 g/mol. The fourth-order valence-electron chi connectivity index (χ4n) is 3.61. The number of rotatable bonds is 7. The van der Waals surface area contributed by atoms with E-state index in [1.807, 2.05) is 84.9 Å². The van der Waals surface area contributed by atoms with Crippen molar-refractivity contribution >= 4 is 55.0 Å². The molecule has 0 aliphatic heterocycles. The lowest BCUT2D eigenvalue weighted by Gasteiger charge is -2.28. The molecular formula is C28H22Br2N2O2. The van der Waals surface area contributed by atoms with Crippen molar-refractivity contribution < 1.29 is 9.59 Å². The molecule has 0 spiro atoms. The minimum atomic E-state index is -0.122. The highest BCUT2D eigenvalue weighted by atomic mass is 79.9. The predicted molar refractivity (Wildman–Crippen MR) is 145 cm³/mol. The Balaban J connectivity index is 1.64. The first-order valence-electron chi connectivity index (χ1n) is 10.8. The first-order valence-corrected chi connectivity index (χ1v) is 12.4. The van der Waals surface area contributed by atoms with Gasteiger partial charge in [0.15, 0.2) is 0 Å². The van der Waals surface area contributed by atoms with Crippen molar-refractivity contribution in [2.24, 2.45) is 0 Å². The summed E-state index contributed by atoms with van der Waals surface area (Å²) in [5.74, 6) is -0.245. The summed E-state index contributed by atoms with van der Waals surface area (Å²) in [6.45, 7) is 0.659. The van der Waals surface area contributed by atoms with Gasteiger partial charge in [-0.1, -0.05) is 68.3 Å². The lowest BCUT2D eigenvalue weighted by Crippen LogP contribution is -2.41. The Morgan fingerprint density at radius 3 is 1.15 bits per heavy atom. The number of halogens is 2. The first-order chi connectivity index (χ1) is 16.5. The molecule has 34 heavy (non-hydrogen) atoms. The molecule has 4 rings (SSSR count). The molecule has 0 aliphatic rings. The zero-order chi connectivity index (χ0) is 23.9. The van der Waals surface area contributed by atoms with Crippen LogP contribution in [0.4, 0.5) is 11.4 Å². The zero-order valence-corrected chi connectivity index (χ0v) is 21.4. The Labute approximate surface area is 216 Å². The molecule has 0 saturated heterocycles. The van der Waals surface area contributed by atoms with Crippen molar-refractivity contribution in [2.75, 3.05) is 22.9 Å². The van der Waals surface area contributed by atoms with E-state index in [1.54, 1.807) is 34.1 Å². The number of para-hydroxylation sites is 2. The van der Waals surface area contributed by atoms with Gasteiger partial charge in [0.25, 0.3) is 11.8 Å². The molecule has 0 atom stereocenters. The third-order valence-corrected chi connectivity index (χ3v) is 6.41. The third kappa shape index (κ3) is 5.82. The molecule has 6 heteroatoms. The molecule has 0 radical (unpaired) electrons. The lowest BCUT2D eigenvalue weighted by atomic mass is 10.1. The van der Waals surface area contributed by atoms with Gasteiger partial charge in [0.05, 0.1) is 0 Å². The largest absolute Gasteiger partial charge is 0.307 e. The summed E-state index contributed by atoms with van der Waals surface area (Å²) in [5, 5.41) is 0. The minimum Gasteiger partial charge on any atom is -0.307 e. The highest BCUT2D eigenvalue weighted by Crippen LogP contribution is 2.22. The smallest absolute Gasteiger partial charge is 0.258 e. The van der Waals surface area contributed by atoms with Gasteiger partial charge in [-0.25, -0.2) is 0 Å². The van der Waals surface area contributed by atoms with E-state index in [9.17, 15) is 9.59 Å². The fraction of sp³-hybridized carbons (Fsp3) is 0.0714. The van der Waals surface area contributed by atoms with Crippen LogP contribution in [0.5, 0.6) is 0 Å². The second-order valence-corrected chi connectivity index (χ2v) is 9.43. The van der Waals surface area contributed by atoms with Crippen LogP contribution in [0.25, 0.3) is 0 Å². The maximum atomic E-state index is 13.5. The predicted octanol–water partition coefficient (Wildman–Crippen LogP) is 7.21. The molecule has 0 unspecified atom stereocenters. The Bertz CT molecular complexity index is 1140. The number of nitrogens with zero attached hydrogens (tertiary/aromatic N) is 2. The van der Waals surface area contributed by atoms with E-state index in [0.29, 0.717) is 24.2 Å².